The van der Waals surface area contributed by atoms with Gasteiger partial charge in [0.15, 0.2) is 0 Å². The van der Waals surface area contributed by atoms with Crippen molar-refractivity contribution < 1.29 is 17.6 Å². The van der Waals surface area contributed by atoms with Crippen LogP contribution in [-0.2, 0) is 0 Å². The molecule has 1 aromatic rings. The maximum Gasteiger partial charge on any atom is 0.391 e. The molecule has 1 atom stereocenters. The quantitative estimate of drug-likeness (QED) is 0.745. The van der Waals surface area contributed by atoms with Gasteiger partial charge in [0, 0.05) is 5.92 Å². The second-order valence-electron chi connectivity index (χ2n) is 4.94. The SMILES string of the molecule is CCC(Br)c1nnc(C2CCC(C(F)(F)F)CC2)o1. The Labute approximate surface area is 118 Å². The number of aromatic nitrogens is 2. The molecule has 1 aromatic heterocycles. The summed E-state index contributed by atoms with van der Waals surface area (Å²) < 4.78 is 43.3. The topological polar surface area (TPSA) is 38.9 Å². The van der Waals surface area contributed by atoms with Gasteiger partial charge in [-0.25, -0.2) is 0 Å². The third-order valence-electron chi connectivity index (χ3n) is 3.62. The lowest BCUT2D eigenvalue weighted by Gasteiger charge is -2.27. The van der Waals surface area contributed by atoms with Crippen molar-refractivity contribution in [1.29, 1.82) is 0 Å². The molecule has 1 aliphatic rings. The van der Waals surface area contributed by atoms with Crippen LogP contribution in [0.15, 0.2) is 4.42 Å². The summed E-state index contributed by atoms with van der Waals surface area (Å²) >= 11 is 3.41. The van der Waals surface area contributed by atoms with E-state index in [1.54, 1.807) is 0 Å². The van der Waals surface area contributed by atoms with E-state index in [9.17, 15) is 13.2 Å². The Morgan fingerprint density at radius 1 is 1.26 bits per heavy atom. The first kappa shape index (κ1) is 14.8. The molecule has 1 fully saturated rings. The highest BCUT2D eigenvalue weighted by Crippen LogP contribution is 2.42. The Kier molecular flexibility index (Phi) is 4.53. The molecular formula is C12H16BrF3N2O. The van der Waals surface area contributed by atoms with Crippen molar-refractivity contribution in [3.8, 4) is 0 Å². The molecule has 0 saturated heterocycles. The third kappa shape index (κ3) is 3.49. The van der Waals surface area contributed by atoms with Gasteiger partial charge in [-0.1, -0.05) is 22.9 Å². The lowest BCUT2D eigenvalue weighted by atomic mass is 9.81. The summed E-state index contributed by atoms with van der Waals surface area (Å²) in [6, 6.07) is 0. The van der Waals surface area contributed by atoms with Crippen LogP contribution in [0.3, 0.4) is 0 Å². The molecule has 108 valence electrons. The van der Waals surface area contributed by atoms with Crippen LogP contribution in [0.25, 0.3) is 0 Å². The minimum Gasteiger partial charge on any atom is -0.424 e. The van der Waals surface area contributed by atoms with Gasteiger partial charge < -0.3 is 4.42 Å². The maximum absolute atomic E-state index is 12.6. The molecule has 2 rings (SSSR count). The molecule has 0 N–H and O–H groups in total. The predicted octanol–water partition coefficient (Wildman–Crippen LogP) is 4.75. The standard InChI is InChI=1S/C12H16BrF3N2O/c1-2-9(13)11-18-17-10(19-11)7-3-5-8(6-4-7)12(14,15)16/h7-9H,2-6H2,1H3. The summed E-state index contributed by atoms with van der Waals surface area (Å²) in [5, 5.41) is 7.91. The first-order valence-electron chi connectivity index (χ1n) is 6.46. The number of alkyl halides is 4. The van der Waals surface area contributed by atoms with Crippen molar-refractivity contribution in [3.05, 3.63) is 11.8 Å². The first-order valence-corrected chi connectivity index (χ1v) is 7.37. The Morgan fingerprint density at radius 3 is 2.42 bits per heavy atom. The minimum absolute atomic E-state index is 0.0141. The van der Waals surface area contributed by atoms with Gasteiger partial charge in [0.05, 0.1) is 10.7 Å². The largest absolute Gasteiger partial charge is 0.424 e. The molecule has 0 spiro atoms. The highest BCUT2D eigenvalue weighted by molar-refractivity contribution is 9.09. The van der Waals surface area contributed by atoms with Crippen LogP contribution in [0.4, 0.5) is 13.2 Å². The summed E-state index contributed by atoms with van der Waals surface area (Å²) in [7, 11) is 0. The molecular weight excluding hydrogens is 325 g/mol. The number of rotatable bonds is 3. The molecule has 1 heterocycles. The Morgan fingerprint density at radius 2 is 1.89 bits per heavy atom. The van der Waals surface area contributed by atoms with Crippen molar-refractivity contribution >= 4 is 15.9 Å². The molecule has 0 radical (unpaired) electrons. The maximum atomic E-state index is 12.6. The second-order valence-corrected chi connectivity index (χ2v) is 6.05. The van der Waals surface area contributed by atoms with E-state index in [0.717, 1.165) is 6.42 Å². The molecule has 0 aliphatic heterocycles. The summed E-state index contributed by atoms with van der Waals surface area (Å²) in [6.07, 6.45) is -2.03. The number of nitrogens with zero attached hydrogens (tertiary/aromatic N) is 2. The number of hydrogen-bond acceptors (Lipinski definition) is 3. The summed E-state index contributed by atoms with van der Waals surface area (Å²) in [6.45, 7) is 1.98. The van der Waals surface area contributed by atoms with Gasteiger partial charge in [0.1, 0.15) is 0 Å². The van der Waals surface area contributed by atoms with Gasteiger partial charge in [0.25, 0.3) is 0 Å². The fourth-order valence-electron chi connectivity index (χ4n) is 2.38. The van der Waals surface area contributed by atoms with E-state index in [1.165, 1.54) is 0 Å². The van der Waals surface area contributed by atoms with Gasteiger partial charge in [-0.2, -0.15) is 13.2 Å². The van der Waals surface area contributed by atoms with Crippen LogP contribution in [0, 0.1) is 5.92 Å². The van der Waals surface area contributed by atoms with Crippen LogP contribution in [-0.4, -0.2) is 16.4 Å². The molecule has 0 bridgehead atoms. The summed E-state index contributed by atoms with van der Waals surface area (Å²) in [4.78, 5) is 0.0141. The number of hydrogen-bond donors (Lipinski definition) is 0. The van der Waals surface area contributed by atoms with Crippen molar-refractivity contribution in [2.24, 2.45) is 5.92 Å². The van der Waals surface area contributed by atoms with E-state index in [-0.39, 0.29) is 23.6 Å². The normalized spacial score (nSPS) is 26.4. The third-order valence-corrected chi connectivity index (χ3v) is 4.66. The van der Waals surface area contributed by atoms with Crippen LogP contribution >= 0.6 is 15.9 Å². The van der Waals surface area contributed by atoms with E-state index in [0.29, 0.717) is 24.6 Å². The molecule has 3 nitrogen and oxygen atoms in total. The van der Waals surface area contributed by atoms with Crippen molar-refractivity contribution in [3.63, 3.8) is 0 Å². The van der Waals surface area contributed by atoms with Gasteiger partial charge in [-0.3, -0.25) is 0 Å². The molecule has 1 aliphatic carbocycles. The monoisotopic (exact) mass is 340 g/mol. The zero-order valence-corrected chi connectivity index (χ0v) is 12.2. The van der Waals surface area contributed by atoms with Crippen LogP contribution in [0.2, 0.25) is 0 Å². The lowest BCUT2D eigenvalue weighted by molar-refractivity contribution is -0.182. The van der Waals surface area contributed by atoms with E-state index < -0.39 is 12.1 Å². The smallest absolute Gasteiger partial charge is 0.391 e. The van der Waals surface area contributed by atoms with Gasteiger partial charge in [0.2, 0.25) is 11.8 Å². The van der Waals surface area contributed by atoms with Crippen molar-refractivity contribution in [2.75, 3.05) is 0 Å². The lowest BCUT2D eigenvalue weighted by Crippen LogP contribution is -2.27. The molecule has 1 unspecified atom stereocenters. The van der Waals surface area contributed by atoms with Gasteiger partial charge in [-0.15, -0.1) is 10.2 Å². The Bertz CT molecular complexity index is 413. The predicted molar refractivity (Wildman–Crippen MR) is 67.0 cm³/mol. The van der Waals surface area contributed by atoms with Crippen molar-refractivity contribution in [2.45, 2.75) is 55.9 Å². The van der Waals surface area contributed by atoms with Crippen LogP contribution < -0.4 is 0 Å². The molecule has 7 heteroatoms. The van der Waals surface area contributed by atoms with E-state index >= 15 is 0 Å². The molecule has 1 saturated carbocycles. The average molecular weight is 341 g/mol. The molecule has 19 heavy (non-hydrogen) atoms. The first-order chi connectivity index (χ1) is 8.91. The highest BCUT2D eigenvalue weighted by Gasteiger charge is 2.42. The van der Waals surface area contributed by atoms with E-state index in [4.69, 9.17) is 4.42 Å². The molecule has 0 aromatic carbocycles. The fraction of sp³-hybridized carbons (Fsp3) is 0.833. The fourth-order valence-corrected chi connectivity index (χ4v) is 2.57. The second kappa shape index (κ2) is 5.81. The highest BCUT2D eigenvalue weighted by atomic mass is 79.9. The van der Waals surface area contributed by atoms with Crippen LogP contribution in [0.5, 0.6) is 0 Å². The zero-order chi connectivity index (χ0) is 14.0. The van der Waals surface area contributed by atoms with Crippen molar-refractivity contribution in [1.82, 2.24) is 10.2 Å². The summed E-state index contributed by atoms with van der Waals surface area (Å²) in [5.74, 6) is -0.217. The van der Waals surface area contributed by atoms with Gasteiger partial charge >= 0.3 is 6.18 Å². The van der Waals surface area contributed by atoms with E-state index in [2.05, 4.69) is 26.1 Å². The van der Waals surface area contributed by atoms with E-state index in [1.807, 2.05) is 6.92 Å². The average Bonchev–Trinajstić information content (AvgIpc) is 2.86. The molecule has 0 amide bonds. The Balaban J connectivity index is 1.96. The minimum atomic E-state index is -4.08. The Hall–Kier alpha value is -0.590. The zero-order valence-electron chi connectivity index (χ0n) is 10.6. The van der Waals surface area contributed by atoms with Gasteiger partial charge in [-0.05, 0) is 32.1 Å². The summed E-state index contributed by atoms with van der Waals surface area (Å²) in [5.41, 5.74) is 0. The number of halogens is 4. The van der Waals surface area contributed by atoms with Crippen LogP contribution in [0.1, 0.15) is 61.6 Å².